The van der Waals surface area contributed by atoms with Crippen LogP contribution in [0.25, 0.3) is 0 Å². The number of benzene rings is 1. The highest BCUT2D eigenvalue weighted by Gasteiger charge is 2.44. The van der Waals surface area contributed by atoms with Crippen LogP contribution in [0.15, 0.2) is 29.2 Å². The molecule has 4 nitrogen and oxygen atoms in total. The Morgan fingerprint density at radius 2 is 1.86 bits per heavy atom. The summed E-state index contributed by atoms with van der Waals surface area (Å²) in [6.45, 7) is -0.113. The van der Waals surface area contributed by atoms with E-state index >= 15 is 0 Å². The monoisotopic (exact) mass is 322 g/mol. The van der Waals surface area contributed by atoms with E-state index in [4.69, 9.17) is 5.73 Å². The molecule has 21 heavy (non-hydrogen) atoms. The first-order chi connectivity index (χ1) is 9.75. The van der Waals surface area contributed by atoms with Gasteiger partial charge in [0.1, 0.15) is 0 Å². The summed E-state index contributed by atoms with van der Waals surface area (Å²) in [6, 6.07) is 5.90. The molecule has 2 rings (SSSR count). The molecule has 1 atom stereocenters. The molecule has 0 aromatic heterocycles. The molecule has 1 aromatic rings. The van der Waals surface area contributed by atoms with Crippen LogP contribution in [0.2, 0.25) is 0 Å². The van der Waals surface area contributed by atoms with Gasteiger partial charge in [-0.05, 0) is 30.5 Å². The van der Waals surface area contributed by atoms with Gasteiger partial charge >= 0.3 is 6.18 Å². The van der Waals surface area contributed by atoms with Crippen molar-refractivity contribution in [2.75, 3.05) is 13.1 Å². The molecule has 118 valence electrons. The fourth-order valence-electron chi connectivity index (χ4n) is 2.37. The molecule has 1 unspecified atom stereocenters. The molecule has 0 aliphatic carbocycles. The minimum Gasteiger partial charge on any atom is -0.326 e. The molecule has 2 N–H and O–H groups in total. The lowest BCUT2D eigenvalue weighted by Crippen LogP contribution is -2.44. The maximum Gasteiger partial charge on any atom is 0.393 e. The summed E-state index contributed by atoms with van der Waals surface area (Å²) in [6.07, 6.45) is -4.18. The van der Waals surface area contributed by atoms with Gasteiger partial charge in [0, 0.05) is 19.6 Å². The zero-order valence-electron chi connectivity index (χ0n) is 11.3. The predicted octanol–water partition coefficient (Wildman–Crippen LogP) is 2.11. The number of hydrogen-bond donors (Lipinski definition) is 1. The van der Waals surface area contributed by atoms with Crippen molar-refractivity contribution in [1.29, 1.82) is 0 Å². The second-order valence-corrected chi connectivity index (χ2v) is 7.03. The van der Waals surface area contributed by atoms with Crippen LogP contribution in [0.1, 0.15) is 18.4 Å². The van der Waals surface area contributed by atoms with E-state index in [1.54, 1.807) is 12.1 Å². The van der Waals surface area contributed by atoms with E-state index in [1.807, 2.05) is 0 Å². The number of nitrogens with two attached hydrogens (primary N) is 1. The van der Waals surface area contributed by atoms with Crippen molar-refractivity contribution in [1.82, 2.24) is 4.31 Å². The second-order valence-electron chi connectivity index (χ2n) is 5.09. The van der Waals surface area contributed by atoms with Gasteiger partial charge in [-0.2, -0.15) is 17.5 Å². The lowest BCUT2D eigenvalue weighted by atomic mass is 9.99. The second kappa shape index (κ2) is 5.94. The molecule has 1 saturated heterocycles. The van der Waals surface area contributed by atoms with Crippen LogP contribution in [0, 0.1) is 5.92 Å². The number of piperidine rings is 1. The van der Waals surface area contributed by atoms with E-state index in [2.05, 4.69) is 0 Å². The molecule has 8 heteroatoms. The summed E-state index contributed by atoms with van der Waals surface area (Å²) < 4.78 is 64.0. The lowest BCUT2D eigenvalue weighted by Gasteiger charge is -2.32. The Labute approximate surface area is 121 Å². The topological polar surface area (TPSA) is 63.4 Å². The number of rotatable bonds is 3. The summed E-state index contributed by atoms with van der Waals surface area (Å²) in [5.41, 5.74) is 6.20. The molecular formula is C13H17F3N2O2S. The number of sulfonamides is 1. The van der Waals surface area contributed by atoms with E-state index in [1.165, 1.54) is 12.1 Å². The number of alkyl halides is 3. The molecule has 0 radical (unpaired) electrons. The first kappa shape index (κ1) is 16.3. The number of nitrogens with zero attached hydrogens (tertiary/aromatic N) is 1. The summed E-state index contributed by atoms with van der Waals surface area (Å²) in [7, 11) is -3.89. The first-order valence-corrected chi connectivity index (χ1v) is 8.05. The fourth-order valence-corrected chi connectivity index (χ4v) is 3.90. The average molecular weight is 322 g/mol. The van der Waals surface area contributed by atoms with Gasteiger partial charge in [-0.1, -0.05) is 12.1 Å². The lowest BCUT2D eigenvalue weighted by molar-refractivity contribution is -0.182. The van der Waals surface area contributed by atoms with Crippen LogP contribution < -0.4 is 5.73 Å². The standard InChI is InChI=1S/C13H17F3N2O2S/c14-13(15,16)11-2-1-7-18(9-11)21(19,20)12-5-3-10(8-17)4-6-12/h3-6,11H,1-2,7-9,17H2. The van der Waals surface area contributed by atoms with Gasteiger partial charge in [-0.15, -0.1) is 0 Å². The molecular weight excluding hydrogens is 305 g/mol. The van der Waals surface area contributed by atoms with Crippen LogP contribution >= 0.6 is 0 Å². The summed E-state index contributed by atoms with van der Waals surface area (Å²) in [4.78, 5) is 0.00234. The zero-order chi connectivity index (χ0) is 15.7. The molecule has 1 aliphatic rings. The first-order valence-electron chi connectivity index (χ1n) is 6.61. The molecule has 1 aliphatic heterocycles. The highest BCUT2D eigenvalue weighted by Crippen LogP contribution is 2.34. The van der Waals surface area contributed by atoms with Gasteiger partial charge in [0.25, 0.3) is 0 Å². The van der Waals surface area contributed by atoms with Crippen LogP contribution in [0.5, 0.6) is 0 Å². The Balaban J connectivity index is 2.22. The third-order valence-electron chi connectivity index (χ3n) is 3.64. The smallest absolute Gasteiger partial charge is 0.326 e. The van der Waals surface area contributed by atoms with E-state index in [0.29, 0.717) is 0 Å². The normalized spacial score (nSPS) is 21.4. The SMILES string of the molecule is NCc1ccc(S(=O)(=O)N2CCCC(C(F)(F)F)C2)cc1. The van der Waals surface area contributed by atoms with E-state index in [0.717, 1.165) is 9.87 Å². The van der Waals surface area contributed by atoms with Gasteiger partial charge in [0.05, 0.1) is 10.8 Å². The van der Waals surface area contributed by atoms with Crippen molar-refractivity contribution in [3.63, 3.8) is 0 Å². The molecule has 1 aromatic carbocycles. The van der Waals surface area contributed by atoms with E-state index in [9.17, 15) is 21.6 Å². The maximum atomic E-state index is 12.8. The highest BCUT2D eigenvalue weighted by atomic mass is 32.2. The van der Waals surface area contributed by atoms with Gasteiger partial charge in [-0.25, -0.2) is 8.42 Å². The maximum absolute atomic E-state index is 12.8. The molecule has 0 bridgehead atoms. The Kier molecular flexibility index (Phi) is 4.60. The molecule has 0 amide bonds. The van der Waals surface area contributed by atoms with E-state index < -0.39 is 28.7 Å². The minimum atomic E-state index is -4.36. The van der Waals surface area contributed by atoms with Crippen LogP contribution in [-0.4, -0.2) is 32.0 Å². The van der Waals surface area contributed by atoms with Crippen LogP contribution in [0.4, 0.5) is 13.2 Å². The van der Waals surface area contributed by atoms with Gasteiger partial charge < -0.3 is 5.73 Å². The third kappa shape index (κ3) is 3.56. The molecule has 0 spiro atoms. The summed E-state index contributed by atoms with van der Waals surface area (Å²) >= 11 is 0. The minimum absolute atomic E-state index is 0.00234. The Morgan fingerprint density at radius 1 is 1.24 bits per heavy atom. The van der Waals surface area contributed by atoms with Crippen molar-refractivity contribution < 1.29 is 21.6 Å². The van der Waals surface area contributed by atoms with Crippen molar-refractivity contribution >= 4 is 10.0 Å². The average Bonchev–Trinajstić information content (AvgIpc) is 2.46. The van der Waals surface area contributed by atoms with Crippen LogP contribution in [-0.2, 0) is 16.6 Å². The van der Waals surface area contributed by atoms with Crippen LogP contribution in [0.3, 0.4) is 0 Å². The van der Waals surface area contributed by atoms with Crippen molar-refractivity contribution in [3.8, 4) is 0 Å². The largest absolute Gasteiger partial charge is 0.393 e. The quantitative estimate of drug-likeness (QED) is 0.927. The summed E-state index contributed by atoms with van der Waals surface area (Å²) in [5.74, 6) is -1.59. The van der Waals surface area contributed by atoms with Gasteiger partial charge in [0.2, 0.25) is 10.0 Å². The zero-order valence-corrected chi connectivity index (χ0v) is 12.1. The van der Waals surface area contributed by atoms with Crippen molar-refractivity contribution in [3.05, 3.63) is 29.8 Å². The molecule has 1 fully saturated rings. The van der Waals surface area contributed by atoms with E-state index in [-0.39, 0.29) is 30.8 Å². The highest BCUT2D eigenvalue weighted by molar-refractivity contribution is 7.89. The Bertz CT molecular complexity index is 584. The van der Waals surface area contributed by atoms with Gasteiger partial charge in [0.15, 0.2) is 0 Å². The predicted molar refractivity (Wildman–Crippen MR) is 71.9 cm³/mol. The number of halogens is 3. The Hall–Kier alpha value is -1.12. The molecule has 1 heterocycles. The Morgan fingerprint density at radius 3 is 2.38 bits per heavy atom. The van der Waals surface area contributed by atoms with Gasteiger partial charge in [-0.3, -0.25) is 0 Å². The third-order valence-corrected chi connectivity index (χ3v) is 5.52. The fraction of sp³-hybridized carbons (Fsp3) is 0.538. The van der Waals surface area contributed by atoms with Crippen molar-refractivity contribution in [2.45, 2.75) is 30.5 Å². The number of hydrogen-bond acceptors (Lipinski definition) is 3. The summed E-state index contributed by atoms with van der Waals surface area (Å²) in [5, 5.41) is 0. The van der Waals surface area contributed by atoms with Crippen molar-refractivity contribution in [2.24, 2.45) is 11.7 Å². The molecule has 0 saturated carbocycles.